The van der Waals surface area contributed by atoms with Crippen molar-refractivity contribution < 1.29 is 29.3 Å². The number of rotatable bonds is 12. The molecule has 2 N–H and O–H groups in total. The zero-order chi connectivity index (χ0) is 32.0. The number of carbonyl (C=O) groups excluding carboxylic acids is 1. The van der Waals surface area contributed by atoms with Crippen LogP contribution in [0.3, 0.4) is 0 Å². The lowest BCUT2D eigenvalue weighted by Crippen LogP contribution is -2.29. The molecule has 2 aliphatic rings. The van der Waals surface area contributed by atoms with E-state index in [0.29, 0.717) is 46.9 Å². The van der Waals surface area contributed by atoms with E-state index in [9.17, 15) is 14.7 Å². The molecule has 8 nitrogen and oxygen atoms in total. The summed E-state index contributed by atoms with van der Waals surface area (Å²) in [5.41, 5.74) is 3.00. The Balaban J connectivity index is 1.17. The first-order valence-electron chi connectivity index (χ1n) is 15.3. The van der Waals surface area contributed by atoms with Crippen LogP contribution in [0, 0.1) is 0 Å². The number of benzene rings is 4. The maximum Gasteiger partial charge on any atom is 0.335 e. The number of phenols is 1. The lowest BCUT2D eigenvalue weighted by molar-refractivity contribution is -0.122. The highest BCUT2D eigenvalue weighted by Crippen LogP contribution is 2.36. The molecule has 10 heteroatoms. The second-order valence-corrected chi connectivity index (χ2v) is 12.9. The Bertz CT molecular complexity index is 1800. The van der Waals surface area contributed by atoms with Gasteiger partial charge in [0.05, 0.1) is 17.1 Å². The van der Waals surface area contributed by atoms with Crippen molar-refractivity contribution in [2.75, 3.05) is 39.4 Å². The number of carboxylic acid groups (broad SMARTS) is 1. The van der Waals surface area contributed by atoms with Crippen molar-refractivity contribution >= 4 is 57.0 Å². The van der Waals surface area contributed by atoms with E-state index in [1.54, 1.807) is 29.2 Å². The van der Waals surface area contributed by atoms with Gasteiger partial charge in [-0.3, -0.25) is 14.6 Å². The van der Waals surface area contributed by atoms with E-state index in [-0.39, 0.29) is 17.2 Å². The zero-order valence-electron chi connectivity index (χ0n) is 25.2. The van der Waals surface area contributed by atoms with E-state index in [0.717, 1.165) is 47.1 Å². The largest absolute Gasteiger partial charge is 0.508 e. The number of thiocarbonyl (C=S) groups is 1. The number of amides is 1. The number of ether oxygens (including phenoxy) is 2. The quantitative estimate of drug-likeness (QED) is 0.0946. The third-order valence-corrected chi connectivity index (χ3v) is 9.46. The summed E-state index contributed by atoms with van der Waals surface area (Å²) in [5, 5.41) is 20.9. The van der Waals surface area contributed by atoms with Crippen LogP contribution < -0.4 is 9.47 Å². The van der Waals surface area contributed by atoms with E-state index in [2.05, 4.69) is 11.0 Å². The molecule has 1 amide bonds. The monoisotopic (exact) mass is 654 g/mol. The van der Waals surface area contributed by atoms with Crippen molar-refractivity contribution in [3.63, 3.8) is 0 Å². The average molecular weight is 655 g/mol. The van der Waals surface area contributed by atoms with Crippen molar-refractivity contribution in [2.45, 2.75) is 19.3 Å². The Morgan fingerprint density at radius 1 is 0.870 bits per heavy atom. The van der Waals surface area contributed by atoms with Gasteiger partial charge in [0.25, 0.3) is 5.91 Å². The predicted octanol–water partition coefficient (Wildman–Crippen LogP) is 7.06. The van der Waals surface area contributed by atoms with Crippen molar-refractivity contribution in [1.29, 1.82) is 0 Å². The van der Waals surface area contributed by atoms with Gasteiger partial charge >= 0.3 is 5.97 Å². The highest BCUT2D eigenvalue weighted by molar-refractivity contribution is 8.26. The second kappa shape index (κ2) is 14.4. The molecular weight excluding hydrogens is 621 g/mol. The van der Waals surface area contributed by atoms with Crippen molar-refractivity contribution in [2.24, 2.45) is 0 Å². The summed E-state index contributed by atoms with van der Waals surface area (Å²) < 4.78 is 12.5. The number of phenolic OH excluding ortho intramolecular Hbond substituents is 1. The molecule has 2 saturated heterocycles. The lowest BCUT2D eigenvalue weighted by Gasteiger charge is -2.17. The fraction of sp³-hybridized carbons (Fsp3) is 0.250. The zero-order valence-corrected chi connectivity index (χ0v) is 26.8. The number of aromatic hydroxyl groups is 1. The topological polar surface area (TPSA) is 99.5 Å². The van der Waals surface area contributed by atoms with Crippen LogP contribution in [0.5, 0.6) is 17.2 Å². The molecule has 0 bridgehead atoms. The van der Waals surface area contributed by atoms with Gasteiger partial charge in [-0.05, 0) is 115 Å². The summed E-state index contributed by atoms with van der Waals surface area (Å²) in [6.07, 6.45) is 4.87. The first-order chi connectivity index (χ1) is 22.3. The predicted molar refractivity (Wildman–Crippen MR) is 186 cm³/mol. The smallest absolute Gasteiger partial charge is 0.335 e. The molecule has 0 saturated carbocycles. The van der Waals surface area contributed by atoms with Crippen molar-refractivity contribution in [1.82, 2.24) is 9.80 Å². The molecule has 0 unspecified atom stereocenters. The third kappa shape index (κ3) is 7.52. The molecule has 2 fully saturated rings. The molecule has 2 heterocycles. The van der Waals surface area contributed by atoms with Crippen molar-refractivity contribution in [3.05, 3.63) is 94.9 Å². The summed E-state index contributed by atoms with van der Waals surface area (Å²) in [4.78, 5) is 29.1. The number of hydrogen-bond donors (Lipinski definition) is 2. The highest BCUT2D eigenvalue weighted by Gasteiger charge is 2.32. The molecule has 0 aliphatic carbocycles. The summed E-state index contributed by atoms with van der Waals surface area (Å²) in [7, 11) is 0. The summed E-state index contributed by atoms with van der Waals surface area (Å²) in [6, 6.07) is 23.7. The van der Waals surface area contributed by atoms with Crippen LogP contribution in [0.2, 0.25) is 0 Å². The van der Waals surface area contributed by atoms with E-state index in [1.165, 1.54) is 36.7 Å². The van der Waals surface area contributed by atoms with Gasteiger partial charge in [0.1, 0.15) is 28.2 Å². The summed E-state index contributed by atoms with van der Waals surface area (Å²) in [6.45, 7) is 4.36. The minimum atomic E-state index is -0.989. The molecular formula is C36H34N2O6S2. The highest BCUT2D eigenvalue weighted by atomic mass is 32.2. The Morgan fingerprint density at radius 2 is 1.59 bits per heavy atom. The summed E-state index contributed by atoms with van der Waals surface area (Å²) in [5.74, 6) is 0.366. The number of carbonyl (C=O) groups is 2. The van der Waals surface area contributed by atoms with Gasteiger partial charge in [0.2, 0.25) is 0 Å². The maximum atomic E-state index is 13.5. The van der Waals surface area contributed by atoms with Gasteiger partial charge in [-0.1, -0.05) is 48.2 Å². The minimum absolute atomic E-state index is 0.153. The van der Waals surface area contributed by atoms with Gasteiger partial charge < -0.3 is 19.7 Å². The number of fused-ring (bicyclic) bond motifs is 1. The molecule has 46 heavy (non-hydrogen) atoms. The Labute approximate surface area is 277 Å². The molecule has 2 aliphatic heterocycles. The molecule has 236 valence electrons. The van der Waals surface area contributed by atoms with E-state index >= 15 is 0 Å². The normalized spacial score (nSPS) is 16.1. The van der Waals surface area contributed by atoms with Crippen molar-refractivity contribution in [3.8, 4) is 28.4 Å². The molecule has 0 radical (unpaired) electrons. The van der Waals surface area contributed by atoms with Gasteiger partial charge in [-0.15, -0.1) is 0 Å². The van der Waals surface area contributed by atoms with Crippen LogP contribution in [0.1, 0.15) is 35.2 Å². The molecule has 0 atom stereocenters. The Kier molecular flexibility index (Phi) is 9.87. The summed E-state index contributed by atoms with van der Waals surface area (Å²) >= 11 is 6.87. The van der Waals surface area contributed by atoms with Crippen LogP contribution >= 0.6 is 24.0 Å². The minimum Gasteiger partial charge on any atom is -0.508 e. The van der Waals surface area contributed by atoms with Crippen LogP contribution in [-0.2, 0) is 4.79 Å². The van der Waals surface area contributed by atoms with E-state index < -0.39 is 5.97 Å². The standard InChI is InChI=1S/C36H34N2O6S2/c39-30-10-6-26-20-25(4-5-28(26)22-30)27-9-13-32(44-19-17-37-14-1-2-15-37)29(21-27)23-33-34(40)38(36(45)46-33)16-3-18-43-31-11-7-24(8-12-31)35(41)42/h4-13,20-23,39H,1-3,14-19H2,(H,41,42). The SMILES string of the molecule is O=C(O)c1ccc(OCCCN2C(=O)C(=Cc3cc(-c4ccc5cc(O)ccc5c4)ccc3OCCN3CCCC3)SC2=S)cc1. The first-order valence-corrected chi connectivity index (χ1v) is 16.5. The molecule has 6 rings (SSSR count). The van der Waals surface area contributed by atoms with Crippen LogP contribution in [0.25, 0.3) is 28.0 Å². The number of aromatic carboxylic acids is 1. The number of nitrogens with zero attached hydrogens (tertiary/aromatic N) is 2. The van der Waals surface area contributed by atoms with Gasteiger partial charge in [-0.25, -0.2) is 4.79 Å². The number of carboxylic acids is 1. The molecule has 4 aromatic carbocycles. The second-order valence-electron chi connectivity index (χ2n) is 11.3. The Morgan fingerprint density at radius 3 is 2.37 bits per heavy atom. The Hall–Kier alpha value is -4.38. The lowest BCUT2D eigenvalue weighted by atomic mass is 9.99. The molecule has 4 aromatic rings. The fourth-order valence-corrected chi connectivity index (χ4v) is 6.92. The average Bonchev–Trinajstić information content (AvgIpc) is 3.67. The van der Waals surface area contributed by atoms with Gasteiger partial charge in [0, 0.05) is 18.7 Å². The van der Waals surface area contributed by atoms with Gasteiger partial charge in [0.15, 0.2) is 0 Å². The van der Waals surface area contributed by atoms with Crippen LogP contribution in [0.4, 0.5) is 0 Å². The van der Waals surface area contributed by atoms with Crippen LogP contribution in [0.15, 0.2) is 83.8 Å². The third-order valence-electron chi connectivity index (χ3n) is 8.09. The van der Waals surface area contributed by atoms with E-state index in [4.69, 9.17) is 26.8 Å². The number of thioether (sulfide) groups is 1. The molecule has 0 spiro atoms. The van der Waals surface area contributed by atoms with E-state index in [1.807, 2.05) is 42.5 Å². The number of likely N-dealkylation sites (tertiary alicyclic amines) is 1. The first kappa shape index (κ1) is 31.6. The fourth-order valence-electron chi connectivity index (χ4n) is 5.62. The van der Waals surface area contributed by atoms with Crippen LogP contribution in [-0.4, -0.2) is 75.6 Å². The van der Waals surface area contributed by atoms with Gasteiger partial charge in [-0.2, -0.15) is 0 Å². The maximum absolute atomic E-state index is 13.5. The molecule has 0 aromatic heterocycles. The number of hydrogen-bond acceptors (Lipinski definition) is 8.